The molecule has 0 N–H and O–H groups in total. The summed E-state index contributed by atoms with van der Waals surface area (Å²) in [6.45, 7) is 10.9. The predicted molar refractivity (Wildman–Crippen MR) is 64.9 cm³/mol. The van der Waals surface area contributed by atoms with Crippen molar-refractivity contribution in [3.05, 3.63) is 12.2 Å². The first kappa shape index (κ1) is 17.1. The normalized spacial score (nSPS) is 10.1. The molecule has 0 fully saturated rings. The fraction of sp³-hybridized carbons (Fsp3) is 0.750. The average molecular weight is 226 g/mol. The summed E-state index contributed by atoms with van der Waals surface area (Å²) in [6, 6.07) is 0. The second-order valence-electron chi connectivity index (χ2n) is 4.37. The Kier molecular flexibility index (Phi) is 13.5. The second-order valence-corrected chi connectivity index (χ2v) is 5.89. The maximum atomic E-state index is 9.40. The molecule has 0 saturated carbocycles. The van der Waals surface area contributed by atoms with Crippen molar-refractivity contribution >= 4 is 21.2 Å². The van der Waals surface area contributed by atoms with E-state index in [-0.39, 0.29) is 0 Å². The Bertz CT molecular complexity index is 166. The SMILES string of the molecule is C/C=C/C(=O)[O-].CC(C)[CH2][Al+][CH2]C(C)C. The summed E-state index contributed by atoms with van der Waals surface area (Å²) in [4.78, 5) is 9.40. The summed E-state index contributed by atoms with van der Waals surface area (Å²) in [5, 5.41) is 12.4. The van der Waals surface area contributed by atoms with E-state index in [2.05, 4.69) is 27.7 Å². The van der Waals surface area contributed by atoms with Gasteiger partial charge in [0, 0.05) is 0 Å². The van der Waals surface area contributed by atoms with Gasteiger partial charge in [0.25, 0.3) is 0 Å². The van der Waals surface area contributed by atoms with Crippen LogP contribution in [0.5, 0.6) is 0 Å². The van der Waals surface area contributed by atoms with Crippen LogP contribution < -0.4 is 5.11 Å². The number of hydrogen-bond donors (Lipinski definition) is 0. The number of aliphatic carboxylic acids is 1. The number of hydrogen-bond acceptors (Lipinski definition) is 2. The van der Waals surface area contributed by atoms with Crippen molar-refractivity contribution in [2.75, 3.05) is 0 Å². The number of carbonyl (C=O) groups is 1. The van der Waals surface area contributed by atoms with Gasteiger partial charge in [-0.1, -0.05) is 6.08 Å². The predicted octanol–water partition coefficient (Wildman–Crippen LogP) is 2.15. The molecule has 86 valence electrons. The molecule has 0 aliphatic carbocycles. The van der Waals surface area contributed by atoms with Gasteiger partial charge in [-0.3, -0.25) is 0 Å². The summed E-state index contributed by atoms with van der Waals surface area (Å²) in [5.74, 6) is 0.718. The molecule has 0 unspecified atom stereocenters. The van der Waals surface area contributed by atoms with Crippen LogP contribution in [0.25, 0.3) is 0 Å². The monoisotopic (exact) mass is 226 g/mol. The van der Waals surface area contributed by atoms with Gasteiger partial charge in [-0.2, -0.15) is 0 Å². The van der Waals surface area contributed by atoms with E-state index in [0.717, 1.165) is 33.1 Å². The molecule has 0 aromatic rings. The molecule has 0 radical (unpaired) electrons. The third kappa shape index (κ3) is 24.8. The van der Waals surface area contributed by atoms with Crippen LogP contribution in [0.3, 0.4) is 0 Å². The molecule has 0 aliphatic rings. The topological polar surface area (TPSA) is 40.1 Å². The van der Waals surface area contributed by atoms with E-state index < -0.39 is 5.97 Å². The Morgan fingerprint density at radius 2 is 1.60 bits per heavy atom. The van der Waals surface area contributed by atoms with Gasteiger partial charge in [0.2, 0.25) is 0 Å². The molecule has 0 spiro atoms. The van der Waals surface area contributed by atoms with Crippen molar-refractivity contribution in [2.24, 2.45) is 11.8 Å². The van der Waals surface area contributed by atoms with Crippen LogP contribution in [-0.4, -0.2) is 21.2 Å². The van der Waals surface area contributed by atoms with Crippen LogP contribution in [-0.2, 0) is 4.79 Å². The Morgan fingerprint density at radius 3 is 1.73 bits per heavy atom. The molecule has 0 aromatic heterocycles. The first-order valence-corrected chi connectivity index (χ1v) is 7.18. The van der Waals surface area contributed by atoms with Crippen molar-refractivity contribution in [3.8, 4) is 0 Å². The van der Waals surface area contributed by atoms with E-state index >= 15 is 0 Å². The molecule has 0 aliphatic heterocycles. The first-order chi connectivity index (χ1) is 6.90. The Morgan fingerprint density at radius 1 is 1.20 bits per heavy atom. The number of allylic oxidation sites excluding steroid dienone is 1. The van der Waals surface area contributed by atoms with Crippen molar-refractivity contribution in [2.45, 2.75) is 45.2 Å². The van der Waals surface area contributed by atoms with Gasteiger partial charge in [0.05, 0.1) is 5.97 Å². The molecule has 3 heteroatoms. The summed E-state index contributed by atoms with van der Waals surface area (Å²) in [6.07, 6.45) is 2.38. The summed E-state index contributed by atoms with van der Waals surface area (Å²) in [5.41, 5.74) is 0. The Balaban J connectivity index is 0. The molecular formula is C12H23AlO2. The van der Waals surface area contributed by atoms with Crippen LogP contribution in [0.2, 0.25) is 10.6 Å². The molecule has 0 heterocycles. The zero-order chi connectivity index (χ0) is 12.3. The van der Waals surface area contributed by atoms with E-state index in [1.54, 1.807) is 6.92 Å². The molecular weight excluding hydrogens is 203 g/mol. The van der Waals surface area contributed by atoms with Crippen LogP contribution in [0, 0.1) is 11.8 Å². The van der Waals surface area contributed by atoms with E-state index in [1.807, 2.05) is 0 Å². The van der Waals surface area contributed by atoms with Gasteiger partial charge in [-0.25, -0.2) is 0 Å². The van der Waals surface area contributed by atoms with E-state index in [1.165, 1.54) is 16.6 Å². The van der Waals surface area contributed by atoms with Crippen LogP contribution in [0.4, 0.5) is 0 Å². The minimum atomic E-state index is -1.14. The first-order valence-electron chi connectivity index (χ1n) is 5.55. The van der Waals surface area contributed by atoms with E-state index in [4.69, 9.17) is 0 Å². The molecule has 0 rings (SSSR count). The third-order valence-corrected chi connectivity index (χ3v) is 4.13. The van der Waals surface area contributed by atoms with Crippen molar-refractivity contribution < 1.29 is 9.90 Å². The summed E-state index contributed by atoms with van der Waals surface area (Å²) < 4.78 is 0. The number of carboxylic acid groups (broad SMARTS) is 1. The molecule has 0 aromatic carbocycles. The molecule has 15 heavy (non-hydrogen) atoms. The van der Waals surface area contributed by atoms with Gasteiger partial charge >= 0.3 is 65.3 Å². The zero-order valence-electron chi connectivity index (χ0n) is 10.6. The van der Waals surface area contributed by atoms with Crippen molar-refractivity contribution in [3.63, 3.8) is 0 Å². The van der Waals surface area contributed by atoms with E-state index in [9.17, 15) is 9.90 Å². The standard InChI is InChI=1S/C4H6O2.2C4H9.Al/c1-2-3-4(5)6;2*1-4(2)3;/h2-3H,1H3,(H,5,6);2*4H,1H2,2-3H3;/q;;;+1/p-1/b3-2+;;;. The van der Waals surface area contributed by atoms with E-state index in [0.29, 0.717) is 0 Å². The average Bonchev–Trinajstić information content (AvgIpc) is 2.03. The van der Waals surface area contributed by atoms with Gasteiger partial charge in [-0.15, -0.1) is 0 Å². The van der Waals surface area contributed by atoms with Crippen LogP contribution in [0.15, 0.2) is 12.2 Å². The fourth-order valence-corrected chi connectivity index (χ4v) is 2.42. The Hall–Kier alpha value is -0.258. The molecule has 2 nitrogen and oxygen atoms in total. The Labute approximate surface area is 100 Å². The zero-order valence-corrected chi connectivity index (χ0v) is 11.8. The van der Waals surface area contributed by atoms with Gasteiger partial charge < -0.3 is 9.90 Å². The fourth-order valence-electron chi connectivity index (χ4n) is 0.899. The molecule has 0 amide bonds. The van der Waals surface area contributed by atoms with Crippen molar-refractivity contribution in [1.82, 2.24) is 0 Å². The summed E-state index contributed by atoms with van der Waals surface area (Å²) >= 11 is 0.755. The minimum absolute atomic E-state index is 0.755. The molecule has 0 saturated heterocycles. The number of carboxylic acids is 1. The second kappa shape index (κ2) is 11.8. The van der Waals surface area contributed by atoms with Crippen LogP contribution in [0.1, 0.15) is 34.6 Å². The summed E-state index contributed by atoms with van der Waals surface area (Å²) in [7, 11) is 0. The van der Waals surface area contributed by atoms with Crippen molar-refractivity contribution in [1.29, 1.82) is 0 Å². The molecule has 0 bridgehead atoms. The van der Waals surface area contributed by atoms with Crippen LogP contribution >= 0.6 is 0 Å². The molecule has 0 atom stereocenters. The quantitative estimate of drug-likeness (QED) is 0.532. The third-order valence-electron chi connectivity index (χ3n) is 1.58. The number of rotatable bonds is 5. The maximum absolute atomic E-state index is 9.40. The van der Waals surface area contributed by atoms with Gasteiger partial charge in [0.1, 0.15) is 0 Å². The van der Waals surface area contributed by atoms with Gasteiger partial charge in [-0.05, 0) is 13.0 Å². The van der Waals surface area contributed by atoms with Gasteiger partial charge in [0.15, 0.2) is 0 Å². The number of carbonyl (C=O) groups excluding carboxylic acids is 1.